The summed E-state index contributed by atoms with van der Waals surface area (Å²) in [5.41, 5.74) is 4.10. The largest absolute Gasteiger partial charge is 0.494 e. The molecule has 0 aromatic carbocycles. The molecule has 0 spiro atoms. The lowest BCUT2D eigenvalue weighted by molar-refractivity contribution is 0.181. The maximum Gasteiger partial charge on any atom is 0.195 e. The lowest BCUT2D eigenvalue weighted by Crippen LogP contribution is -2.31. The van der Waals surface area contributed by atoms with E-state index in [1.54, 1.807) is 12.3 Å². The van der Waals surface area contributed by atoms with Crippen LogP contribution in [0, 0.1) is 0 Å². The minimum atomic E-state index is -0.686. The van der Waals surface area contributed by atoms with Gasteiger partial charge in [-0.15, -0.1) is 0 Å². The fourth-order valence-electron chi connectivity index (χ4n) is 2.85. The molecular weight excluding hydrogens is 370 g/mol. The van der Waals surface area contributed by atoms with E-state index in [2.05, 4.69) is 31.2 Å². The smallest absolute Gasteiger partial charge is 0.195 e. The number of hydrogen-bond acceptors (Lipinski definition) is 4. The van der Waals surface area contributed by atoms with E-state index in [0.717, 1.165) is 46.4 Å². The summed E-state index contributed by atoms with van der Waals surface area (Å²) >= 11 is 3.44. The number of allylic oxidation sites excluding steroid dienone is 1. The van der Waals surface area contributed by atoms with Gasteiger partial charge in [0, 0.05) is 27.5 Å². The van der Waals surface area contributed by atoms with Crippen LogP contribution in [0.25, 0.3) is 6.08 Å². The van der Waals surface area contributed by atoms with E-state index < -0.39 is 6.23 Å². The number of aliphatic hydroxyl groups excluding tert-OH is 1. The Labute approximate surface area is 149 Å². The number of aromatic hydroxyl groups is 1. The predicted octanol–water partition coefficient (Wildman–Crippen LogP) is 3.42. The van der Waals surface area contributed by atoms with Gasteiger partial charge in [-0.3, -0.25) is 10.3 Å². The van der Waals surface area contributed by atoms with Crippen LogP contribution in [-0.2, 0) is 0 Å². The lowest BCUT2D eigenvalue weighted by Gasteiger charge is -2.12. The van der Waals surface area contributed by atoms with Gasteiger partial charge in [-0.05, 0) is 62.2 Å². The molecule has 3 heterocycles. The molecule has 1 fully saturated rings. The number of halogens is 1. The minimum absolute atomic E-state index is 0.0503. The summed E-state index contributed by atoms with van der Waals surface area (Å²) < 4.78 is 0.892. The topological polar surface area (TPSA) is 80.6 Å². The molecule has 1 unspecified atom stereocenters. The van der Waals surface area contributed by atoms with Crippen molar-refractivity contribution in [3.8, 4) is 5.88 Å². The number of aliphatic imine (C=N–C) groups is 1. The van der Waals surface area contributed by atoms with Crippen LogP contribution in [0.5, 0.6) is 5.88 Å². The van der Waals surface area contributed by atoms with Crippen LogP contribution in [-0.4, -0.2) is 33.7 Å². The summed E-state index contributed by atoms with van der Waals surface area (Å²) in [6.07, 6.45) is 4.58. The lowest BCUT2D eigenvalue weighted by atomic mass is 10.0. The molecule has 5 nitrogen and oxygen atoms in total. The summed E-state index contributed by atoms with van der Waals surface area (Å²) in [4.78, 5) is 7.51. The van der Waals surface area contributed by atoms with Crippen molar-refractivity contribution >= 4 is 27.7 Å². The molecule has 3 rings (SSSR count). The molecule has 4 N–H and O–H groups in total. The number of H-pyrrole nitrogens is 1. The van der Waals surface area contributed by atoms with Crippen molar-refractivity contribution < 1.29 is 10.2 Å². The van der Waals surface area contributed by atoms with E-state index in [4.69, 9.17) is 0 Å². The average molecular weight is 390 g/mol. The molecule has 2 aliphatic rings. The van der Waals surface area contributed by atoms with Crippen LogP contribution in [0.1, 0.15) is 25.3 Å². The van der Waals surface area contributed by atoms with E-state index in [-0.39, 0.29) is 5.88 Å². The molecule has 0 aliphatic carbocycles. The number of aromatic nitrogens is 1. The summed E-state index contributed by atoms with van der Waals surface area (Å²) in [6.45, 7) is 2.73. The average Bonchev–Trinajstić information content (AvgIpc) is 2.78. The van der Waals surface area contributed by atoms with Gasteiger partial charge in [0.2, 0.25) is 0 Å². The first kappa shape index (κ1) is 17.0. The van der Waals surface area contributed by atoms with E-state index >= 15 is 0 Å². The number of hydrogen-bond donors (Lipinski definition) is 4. The molecule has 0 amide bonds. The summed E-state index contributed by atoms with van der Waals surface area (Å²) in [7, 11) is 0. The monoisotopic (exact) mass is 389 g/mol. The van der Waals surface area contributed by atoms with Gasteiger partial charge < -0.3 is 15.2 Å². The summed E-state index contributed by atoms with van der Waals surface area (Å²) in [6, 6.07) is 7.34. The number of aromatic amines is 1. The zero-order valence-corrected chi connectivity index (χ0v) is 15.0. The zero-order valence-electron chi connectivity index (χ0n) is 13.4. The molecule has 6 heteroatoms. The molecule has 0 radical (unpaired) electrons. The maximum absolute atomic E-state index is 10.3. The van der Waals surface area contributed by atoms with Gasteiger partial charge in [-0.2, -0.15) is 0 Å². The highest BCUT2D eigenvalue weighted by molar-refractivity contribution is 9.10. The van der Waals surface area contributed by atoms with Crippen molar-refractivity contribution in [1.29, 1.82) is 0 Å². The summed E-state index contributed by atoms with van der Waals surface area (Å²) in [5, 5.41) is 23.6. The van der Waals surface area contributed by atoms with Crippen LogP contribution < -0.4 is 5.32 Å². The summed E-state index contributed by atoms with van der Waals surface area (Å²) in [5.74, 6) is 0.0503. The van der Waals surface area contributed by atoms with Gasteiger partial charge in [0.1, 0.15) is 6.23 Å². The van der Waals surface area contributed by atoms with Gasteiger partial charge in [0.25, 0.3) is 0 Å². The Hall–Kier alpha value is -1.89. The third-order valence-corrected chi connectivity index (χ3v) is 4.64. The molecule has 1 aromatic heterocycles. The number of nitrogens with zero attached hydrogens (tertiary/aromatic N) is 1. The fourth-order valence-corrected chi connectivity index (χ4v) is 3.14. The van der Waals surface area contributed by atoms with Gasteiger partial charge >= 0.3 is 0 Å². The number of rotatable bonds is 1. The van der Waals surface area contributed by atoms with Gasteiger partial charge in [-0.25, -0.2) is 0 Å². The highest BCUT2D eigenvalue weighted by atomic mass is 79.9. The standard InChI is InChI=1S/C18H20BrN3O2/c1-11-15(22-14-5-3-9-21-18(24)16(11)14)10-12-6-7-13(19)4-2-8-20-17(12)23/h2,4,6-8,10,18,20-21,23-24H,3,5,9H2,1H3/b7-6?,8-2?,13-4?,15-10-,17-12?. The Morgan fingerprint density at radius 2 is 2.17 bits per heavy atom. The molecular formula is C18H20BrN3O2. The first-order valence-electron chi connectivity index (χ1n) is 7.88. The predicted molar refractivity (Wildman–Crippen MR) is 99.1 cm³/mol. The van der Waals surface area contributed by atoms with Crippen molar-refractivity contribution in [3.63, 3.8) is 0 Å². The van der Waals surface area contributed by atoms with Crippen molar-refractivity contribution in [2.24, 2.45) is 4.99 Å². The maximum atomic E-state index is 10.3. The van der Waals surface area contributed by atoms with Crippen LogP contribution in [0.15, 0.2) is 56.8 Å². The Bertz CT molecular complexity index is 791. The Morgan fingerprint density at radius 1 is 1.33 bits per heavy atom. The van der Waals surface area contributed by atoms with E-state index in [9.17, 15) is 10.2 Å². The molecule has 126 valence electrons. The van der Waals surface area contributed by atoms with Crippen LogP contribution >= 0.6 is 15.9 Å². The number of aliphatic hydroxyl groups is 1. The van der Waals surface area contributed by atoms with Crippen molar-refractivity contribution in [3.05, 3.63) is 57.3 Å². The highest BCUT2D eigenvalue weighted by Crippen LogP contribution is 2.32. The van der Waals surface area contributed by atoms with Gasteiger partial charge in [0.15, 0.2) is 5.88 Å². The van der Waals surface area contributed by atoms with Crippen LogP contribution in [0.4, 0.5) is 0 Å². The number of fused-ring (bicyclic) bond motifs is 1. The second-order valence-electron chi connectivity index (χ2n) is 5.78. The van der Waals surface area contributed by atoms with Crippen LogP contribution in [0.2, 0.25) is 0 Å². The van der Waals surface area contributed by atoms with Crippen molar-refractivity contribution in [2.45, 2.75) is 26.0 Å². The normalized spacial score (nSPS) is 22.0. The highest BCUT2D eigenvalue weighted by Gasteiger charge is 2.28. The molecule has 1 aromatic rings. The Morgan fingerprint density at radius 3 is 3.00 bits per heavy atom. The molecule has 1 saturated heterocycles. The first-order chi connectivity index (χ1) is 11.6. The fraction of sp³-hybridized carbons (Fsp3) is 0.278. The Kier molecular flexibility index (Phi) is 5.18. The molecule has 24 heavy (non-hydrogen) atoms. The van der Waals surface area contributed by atoms with E-state index in [0.29, 0.717) is 5.56 Å². The molecule has 2 aliphatic heterocycles. The second kappa shape index (κ2) is 7.34. The van der Waals surface area contributed by atoms with Gasteiger partial charge in [-0.1, -0.05) is 15.9 Å². The minimum Gasteiger partial charge on any atom is -0.494 e. The van der Waals surface area contributed by atoms with Gasteiger partial charge in [0.05, 0.1) is 5.70 Å². The van der Waals surface area contributed by atoms with Crippen LogP contribution in [0.3, 0.4) is 0 Å². The third kappa shape index (κ3) is 3.61. The van der Waals surface area contributed by atoms with E-state index in [1.165, 1.54) is 0 Å². The third-order valence-electron chi connectivity index (χ3n) is 4.12. The molecule has 1 atom stereocenters. The molecule has 0 bridgehead atoms. The first-order valence-corrected chi connectivity index (χ1v) is 8.68. The van der Waals surface area contributed by atoms with E-state index in [1.807, 2.05) is 31.2 Å². The van der Waals surface area contributed by atoms with Crippen molar-refractivity contribution in [2.75, 3.05) is 6.54 Å². The second-order valence-corrected chi connectivity index (χ2v) is 6.69. The molecule has 0 saturated carbocycles. The van der Waals surface area contributed by atoms with Crippen molar-refractivity contribution in [1.82, 2.24) is 10.3 Å². The number of nitrogens with one attached hydrogen (secondary N) is 2. The quantitative estimate of drug-likeness (QED) is 0.593. The Balaban J connectivity index is 2.09. The zero-order chi connectivity index (χ0) is 17.1. The SMILES string of the molecule is CC1=C2C(=N/C1=C\c1ccc(Br)ccc[nH]c1O)CCCNC2O.